The molecule has 0 spiro atoms. The Balaban J connectivity index is 2.43. The number of ether oxygens (including phenoxy) is 2. The van der Waals surface area contributed by atoms with Crippen molar-refractivity contribution in [3.8, 4) is 0 Å². The second-order valence-electron chi connectivity index (χ2n) is 18.1. The van der Waals surface area contributed by atoms with Crippen LogP contribution in [0.1, 0.15) is 213 Å². The van der Waals surface area contributed by atoms with E-state index in [2.05, 4.69) is 26.1 Å². The van der Waals surface area contributed by atoms with Gasteiger partial charge in [0.25, 0.3) is 0 Å². The van der Waals surface area contributed by atoms with Crippen molar-refractivity contribution in [1.82, 2.24) is 5.32 Å². The number of amides is 1. The lowest BCUT2D eigenvalue weighted by Crippen LogP contribution is -2.63. The van der Waals surface area contributed by atoms with Gasteiger partial charge in [0, 0.05) is 0 Å². The largest absolute Gasteiger partial charge is 0.394 e. The van der Waals surface area contributed by atoms with Crippen LogP contribution >= 0.6 is 0 Å². The smallest absolute Gasteiger partial charge is 0.249 e. The fourth-order valence-corrected chi connectivity index (χ4v) is 7.96. The predicted molar refractivity (Wildman–Crippen MR) is 240 cm³/mol. The summed E-state index contributed by atoms with van der Waals surface area (Å²) in [5.41, 5.74) is 6.03. The molecule has 59 heavy (non-hydrogen) atoms. The molecule has 1 aliphatic heterocycles. The van der Waals surface area contributed by atoms with Gasteiger partial charge in [0.05, 0.1) is 31.4 Å². The van der Waals surface area contributed by atoms with Crippen molar-refractivity contribution in [2.75, 3.05) is 13.2 Å². The van der Waals surface area contributed by atoms with Gasteiger partial charge >= 0.3 is 0 Å². The maximum Gasteiger partial charge on any atom is 0.249 e. The molecule has 0 aromatic rings. The third-order valence-electron chi connectivity index (χ3n) is 12.1. The zero-order valence-corrected chi connectivity index (χ0v) is 38.0. The van der Waals surface area contributed by atoms with Crippen LogP contribution in [0.2, 0.25) is 0 Å². The number of nitrogens with one attached hydrogen (secondary N) is 1. The van der Waals surface area contributed by atoms with E-state index in [4.69, 9.17) is 15.2 Å². The molecule has 350 valence electrons. The Kier molecular flexibility index (Phi) is 35.4. The first-order chi connectivity index (χ1) is 28.5. The highest BCUT2D eigenvalue weighted by Crippen LogP contribution is 2.22. The lowest BCUT2D eigenvalue weighted by molar-refractivity contribution is -0.268. The van der Waals surface area contributed by atoms with Gasteiger partial charge in [-0.05, 0) is 31.6 Å². The molecule has 1 amide bonds. The lowest BCUT2D eigenvalue weighted by atomic mass is 9.97. The average molecular weight is 843 g/mol. The highest BCUT2D eigenvalue weighted by atomic mass is 16.7. The van der Waals surface area contributed by atoms with Crippen molar-refractivity contribution in [3.05, 3.63) is 12.2 Å². The van der Waals surface area contributed by atoms with Gasteiger partial charge in [-0.2, -0.15) is 0 Å². The maximum absolute atomic E-state index is 13.1. The number of aliphatic hydroxyl groups excluding tert-OH is 6. The van der Waals surface area contributed by atoms with Crippen LogP contribution in [0.3, 0.4) is 0 Å². The number of hydrogen-bond acceptors (Lipinski definition) is 10. The van der Waals surface area contributed by atoms with E-state index >= 15 is 0 Å². The third-order valence-corrected chi connectivity index (χ3v) is 12.1. The molecule has 4 unspecified atom stereocenters. The number of rotatable bonds is 40. The normalized spacial score (nSPS) is 21.9. The van der Waals surface area contributed by atoms with Crippen LogP contribution in [0.25, 0.3) is 0 Å². The van der Waals surface area contributed by atoms with Gasteiger partial charge in [-0.25, -0.2) is 0 Å². The van der Waals surface area contributed by atoms with Gasteiger partial charge in [0.2, 0.25) is 5.91 Å². The Hall–Kier alpha value is -1.15. The van der Waals surface area contributed by atoms with Crippen molar-refractivity contribution in [1.29, 1.82) is 0 Å². The fraction of sp³-hybridized carbons (Fsp3) is 0.938. The molecule has 1 saturated heterocycles. The van der Waals surface area contributed by atoms with Gasteiger partial charge in [-0.1, -0.05) is 200 Å². The number of nitrogens with two attached hydrogens (primary N) is 1. The first-order valence-corrected chi connectivity index (χ1v) is 24.5. The second kappa shape index (κ2) is 37.4. The van der Waals surface area contributed by atoms with Crippen LogP contribution in [-0.4, -0.2) is 105 Å². The molecule has 1 heterocycles. The Morgan fingerprint density at radius 1 is 0.678 bits per heavy atom. The van der Waals surface area contributed by atoms with Gasteiger partial charge in [-0.3, -0.25) is 4.79 Å². The van der Waals surface area contributed by atoms with Crippen LogP contribution < -0.4 is 11.1 Å². The van der Waals surface area contributed by atoms with Gasteiger partial charge < -0.3 is 51.2 Å². The summed E-state index contributed by atoms with van der Waals surface area (Å²) >= 11 is 0. The Bertz CT molecular complexity index is 986. The summed E-state index contributed by atoms with van der Waals surface area (Å²) in [6, 6.07) is -2.31. The zero-order chi connectivity index (χ0) is 43.5. The van der Waals surface area contributed by atoms with E-state index in [1.54, 1.807) is 0 Å². The maximum atomic E-state index is 13.1. The molecule has 0 bridgehead atoms. The topological polar surface area (TPSA) is 195 Å². The van der Waals surface area contributed by atoms with Crippen LogP contribution in [0.4, 0.5) is 0 Å². The standard InChI is InChI=1S/C48H94N2O9/c1-4-5-6-7-8-9-10-11-12-13-14-15-16-19-23-26-29-32-35-41(53)47(57)50-39(37-58-48-43(49)46(56)45(55)42(36-51)59-48)44(54)40(52)34-31-28-25-22-20-17-18-21-24-27-30-33-38(2)3/h28,31,38-46,48,51-56H,4-27,29-30,32-37,49H2,1-3H3,(H,50,57)/b31-28+/t39?,40?,41?,42-,43-,44?,45-,46-,48+/m1/s1. The van der Waals surface area contributed by atoms with Crippen LogP contribution in [-0.2, 0) is 14.3 Å². The average Bonchev–Trinajstić information content (AvgIpc) is 3.22. The minimum absolute atomic E-state index is 0.155. The summed E-state index contributed by atoms with van der Waals surface area (Å²) in [4.78, 5) is 13.1. The third kappa shape index (κ3) is 28.2. The quantitative estimate of drug-likeness (QED) is 0.0220. The number of hydrogen-bond donors (Lipinski definition) is 8. The molecular formula is C48H94N2O9. The molecule has 1 rings (SSSR count). The van der Waals surface area contributed by atoms with Crippen LogP contribution in [0.5, 0.6) is 0 Å². The summed E-state index contributed by atoms with van der Waals surface area (Å²) in [7, 11) is 0. The van der Waals surface area contributed by atoms with E-state index in [0.29, 0.717) is 6.42 Å². The summed E-state index contributed by atoms with van der Waals surface area (Å²) < 4.78 is 11.3. The Morgan fingerprint density at radius 3 is 1.61 bits per heavy atom. The van der Waals surface area contributed by atoms with E-state index in [-0.39, 0.29) is 19.4 Å². The van der Waals surface area contributed by atoms with Crippen molar-refractivity contribution in [3.63, 3.8) is 0 Å². The van der Waals surface area contributed by atoms with Gasteiger partial charge in [0.15, 0.2) is 6.29 Å². The molecule has 0 aromatic carbocycles. The van der Waals surface area contributed by atoms with E-state index in [9.17, 15) is 35.4 Å². The van der Waals surface area contributed by atoms with Crippen molar-refractivity contribution in [2.45, 2.75) is 268 Å². The number of unbranched alkanes of at least 4 members (excludes halogenated alkanes) is 25. The molecular weight excluding hydrogens is 749 g/mol. The number of allylic oxidation sites excluding steroid dienone is 1. The first-order valence-electron chi connectivity index (χ1n) is 24.5. The monoisotopic (exact) mass is 843 g/mol. The zero-order valence-electron chi connectivity index (χ0n) is 38.0. The molecule has 0 aromatic heterocycles. The van der Waals surface area contributed by atoms with Crippen molar-refractivity contribution >= 4 is 5.91 Å². The van der Waals surface area contributed by atoms with E-state index in [0.717, 1.165) is 44.4 Å². The molecule has 0 saturated carbocycles. The molecule has 11 nitrogen and oxygen atoms in total. The minimum atomic E-state index is -1.45. The van der Waals surface area contributed by atoms with Crippen LogP contribution in [0, 0.1) is 5.92 Å². The SMILES string of the molecule is CCCCCCCCCCCCCCCCCCCCC(O)C(=O)NC(CO[C@H]1O[C@H](CO)[C@@H](O)[C@H](O)[C@H]1N)C(O)C(O)C/C=C/CCCCCCCCCCC(C)C. The fourth-order valence-electron chi connectivity index (χ4n) is 7.96. The molecule has 9 atom stereocenters. The molecule has 9 N–H and O–H groups in total. The molecule has 11 heteroatoms. The number of carbonyl (C=O) groups is 1. The second-order valence-corrected chi connectivity index (χ2v) is 18.1. The Morgan fingerprint density at radius 2 is 1.14 bits per heavy atom. The van der Waals surface area contributed by atoms with E-state index in [1.807, 2.05) is 12.2 Å². The Labute approximate surface area is 360 Å². The van der Waals surface area contributed by atoms with E-state index < -0.39 is 67.5 Å². The van der Waals surface area contributed by atoms with Gasteiger partial charge in [0.1, 0.15) is 30.5 Å². The summed E-state index contributed by atoms with van der Waals surface area (Å²) in [6.07, 6.45) is 29.8. The highest BCUT2D eigenvalue weighted by molar-refractivity contribution is 5.80. The summed E-state index contributed by atoms with van der Waals surface area (Å²) in [6.45, 7) is 5.88. The van der Waals surface area contributed by atoms with Crippen LogP contribution in [0.15, 0.2) is 12.2 Å². The number of carbonyl (C=O) groups excluding carboxylic acids is 1. The first kappa shape index (κ1) is 55.9. The lowest BCUT2D eigenvalue weighted by Gasteiger charge is -2.41. The van der Waals surface area contributed by atoms with Gasteiger partial charge in [-0.15, -0.1) is 0 Å². The molecule has 1 fully saturated rings. The summed E-state index contributed by atoms with van der Waals surface area (Å²) in [5, 5.41) is 65.6. The molecule has 1 aliphatic rings. The van der Waals surface area contributed by atoms with E-state index in [1.165, 1.54) is 135 Å². The minimum Gasteiger partial charge on any atom is -0.394 e. The predicted octanol–water partition coefficient (Wildman–Crippen LogP) is 8.27. The summed E-state index contributed by atoms with van der Waals surface area (Å²) in [5.74, 6) is 0.107. The van der Waals surface area contributed by atoms with Crippen molar-refractivity contribution in [2.24, 2.45) is 11.7 Å². The van der Waals surface area contributed by atoms with Crippen molar-refractivity contribution < 1.29 is 44.9 Å². The number of aliphatic hydroxyl groups is 6. The highest BCUT2D eigenvalue weighted by Gasteiger charge is 2.43. The molecule has 0 aliphatic carbocycles. The molecule has 0 radical (unpaired) electrons.